The smallest absolute Gasteiger partial charge is 0.345 e. The summed E-state index contributed by atoms with van der Waals surface area (Å²) < 4.78 is 17.0. The monoisotopic (exact) mass is 492 g/mol. The van der Waals surface area contributed by atoms with E-state index in [4.69, 9.17) is 25.8 Å². The third kappa shape index (κ3) is 6.00. The zero-order valence-electron chi connectivity index (χ0n) is 19.6. The third-order valence-corrected chi connectivity index (χ3v) is 5.64. The molecule has 0 bridgehead atoms. The van der Waals surface area contributed by atoms with Gasteiger partial charge in [0.25, 0.3) is 5.91 Å². The first-order valence-electron chi connectivity index (χ1n) is 11.0. The Morgan fingerprint density at radius 2 is 1.86 bits per heavy atom. The van der Waals surface area contributed by atoms with E-state index in [0.29, 0.717) is 27.8 Å². The number of esters is 1. The van der Waals surface area contributed by atoms with E-state index in [9.17, 15) is 9.59 Å². The van der Waals surface area contributed by atoms with Gasteiger partial charge < -0.3 is 14.2 Å². The van der Waals surface area contributed by atoms with Crippen LogP contribution in [0.15, 0.2) is 71.8 Å². The molecule has 1 aliphatic heterocycles. The summed E-state index contributed by atoms with van der Waals surface area (Å²) in [4.78, 5) is 24.9. The van der Waals surface area contributed by atoms with E-state index in [1.165, 1.54) is 6.21 Å². The lowest BCUT2D eigenvalue weighted by molar-refractivity contribution is -0.130. The summed E-state index contributed by atoms with van der Waals surface area (Å²) in [6.45, 7) is 6.38. The number of hydrogen-bond donors (Lipinski definition) is 1. The van der Waals surface area contributed by atoms with Crippen molar-refractivity contribution in [1.82, 2.24) is 5.43 Å². The number of fused-ring (bicyclic) bond motifs is 1. The Balaban J connectivity index is 1.36. The second-order valence-electron chi connectivity index (χ2n) is 9.01. The molecule has 35 heavy (non-hydrogen) atoms. The van der Waals surface area contributed by atoms with Crippen LogP contribution in [-0.4, -0.2) is 30.8 Å². The fourth-order valence-electron chi connectivity index (χ4n) is 3.36. The standard InChI is InChI=1S/C27H25ClN2O5/c1-27(2,3)18-11-12-22-23(14-18)35-24(16-33-22)25(31)30-29-15-17-7-6-8-19(13-17)34-26(32)20-9-4-5-10-21(20)28/h4-15,24H,16H2,1-3H3,(H,30,31)/b29-15+/t24-/m0/s1. The number of halogens is 1. The van der Waals surface area contributed by atoms with Gasteiger partial charge in [0.1, 0.15) is 12.4 Å². The minimum atomic E-state index is -0.835. The number of nitrogens with zero attached hydrogens (tertiary/aromatic N) is 1. The molecule has 3 aromatic rings. The van der Waals surface area contributed by atoms with Crippen LogP contribution in [0, 0.1) is 0 Å². The van der Waals surface area contributed by atoms with Crippen molar-refractivity contribution < 1.29 is 23.8 Å². The van der Waals surface area contributed by atoms with Crippen LogP contribution in [-0.2, 0) is 10.2 Å². The number of nitrogens with one attached hydrogen (secondary N) is 1. The third-order valence-electron chi connectivity index (χ3n) is 5.31. The largest absolute Gasteiger partial charge is 0.485 e. The van der Waals surface area contributed by atoms with Crippen molar-refractivity contribution in [3.05, 3.63) is 88.4 Å². The Morgan fingerprint density at radius 1 is 1.06 bits per heavy atom. The molecule has 0 aromatic heterocycles. The average Bonchev–Trinajstić information content (AvgIpc) is 2.83. The summed E-state index contributed by atoms with van der Waals surface area (Å²) in [7, 11) is 0. The van der Waals surface area contributed by atoms with E-state index in [1.54, 1.807) is 48.5 Å². The van der Waals surface area contributed by atoms with Gasteiger partial charge in [0.05, 0.1) is 16.8 Å². The van der Waals surface area contributed by atoms with E-state index in [0.717, 1.165) is 5.56 Å². The zero-order chi connectivity index (χ0) is 25.0. The molecule has 1 amide bonds. The summed E-state index contributed by atoms with van der Waals surface area (Å²) >= 11 is 6.05. The summed E-state index contributed by atoms with van der Waals surface area (Å²) in [6, 6.07) is 19.1. The van der Waals surface area contributed by atoms with Crippen LogP contribution >= 0.6 is 11.6 Å². The maximum atomic E-state index is 12.6. The highest BCUT2D eigenvalue weighted by Gasteiger charge is 2.28. The van der Waals surface area contributed by atoms with Crippen molar-refractivity contribution in [2.75, 3.05) is 6.61 Å². The quantitative estimate of drug-likeness (QED) is 0.230. The van der Waals surface area contributed by atoms with Gasteiger partial charge in [0.15, 0.2) is 11.5 Å². The Morgan fingerprint density at radius 3 is 2.63 bits per heavy atom. The lowest BCUT2D eigenvalue weighted by Crippen LogP contribution is -2.42. The van der Waals surface area contributed by atoms with Crippen molar-refractivity contribution in [3.63, 3.8) is 0 Å². The molecule has 0 spiro atoms. The second kappa shape index (κ2) is 10.2. The van der Waals surface area contributed by atoms with Gasteiger partial charge in [-0.15, -0.1) is 0 Å². The summed E-state index contributed by atoms with van der Waals surface area (Å²) in [5.74, 6) is 0.451. The molecular weight excluding hydrogens is 468 g/mol. The lowest BCUT2D eigenvalue weighted by atomic mass is 9.87. The summed E-state index contributed by atoms with van der Waals surface area (Å²) in [5.41, 5.74) is 4.38. The van der Waals surface area contributed by atoms with Crippen molar-refractivity contribution in [2.24, 2.45) is 5.10 Å². The van der Waals surface area contributed by atoms with Gasteiger partial charge in [0.2, 0.25) is 6.10 Å². The van der Waals surface area contributed by atoms with Crippen molar-refractivity contribution in [3.8, 4) is 17.2 Å². The Bertz CT molecular complexity index is 1280. The summed E-state index contributed by atoms with van der Waals surface area (Å²) in [6.07, 6.45) is 0.609. The van der Waals surface area contributed by atoms with E-state index in [1.807, 2.05) is 18.2 Å². The second-order valence-corrected chi connectivity index (χ2v) is 9.41. The highest BCUT2D eigenvalue weighted by atomic mass is 35.5. The van der Waals surface area contributed by atoms with Crippen LogP contribution in [0.25, 0.3) is 0 Å². The van der Waals surface area contributed by atoms with Crippen LogP contribution in [0.5, 0.6) is 17.2 Å². The van der Waals surface area contributed by atoms with Crippen LogP contribution in [0.2, 0.25) is 5.02 Å². The molecule has 0 aliphatic carbocycles. The molecule has 8 heteroatoms. The molecule has 0 fully saturated rings. The molecule has 4 rings (SSSR count). The zero-order valence-corrected chi connectivity index (χ0v) is 20.3. The SMILES string of the molecule is CC(C)(C)c1ccc2c(c1)O[C@H](C(=O)N/N=C/c1cccc(OC(=O)c3ccccc3Cl)c1)CO2. The lowest BCUT2D eigenvalue weighted by Gasteiger charge is -2.27. The molecule has 3 aromatic carbocycles. The van der Waals surface area contributed by atoms with Crippen molar-refractivity contribution in [2.45, 2.75) is 32.3 Å². The molecule has 0 saturated heterocycles. The number of carbonyl (C=O) groups excluding carboxylic acids is 2. The molecule has 1 atom stereocenters. The highest BCUT2D eigenvalue weighted by molar-refractivity contribution is 6.33. The first-order valence-corrected chi connectivity index (χ1v) is 11.4. The minimum absolute atomic E-state index is 0.0614. The molecule has 1 N–H and O–H groups in total. The van der Waals surface area contributed by atoms with E-state index in [-0.39, 0.29) is 17.6 Å². The molecule has 0 saturated carbocycles. The predicted octanol–water partition coefficient (Wildman–Crippen LogP) is 5.15. The topological polar surface area (TPSA) is 86.2 Å². The number of amides is 1. The Labute approximate surface area is 208 Å². The molecule has 0 unspecified atom stereocenters. The first-order chi connectivity index (χ1) is 16.7. The first kappa shape index (κ1) is 24.3. The minimum Gasteiger partial charge on any atom is -0.485 e. The number of rotatable bonds is 5. The van der Waals surface area contributed by atoms with E-state index >= 15 is 0 Å². The maximum absolute atomic E-state index is 12.6. The molecule has 0 radical (unpaired) electrons. The van der Waals surface area contributed by atoms with Crippen LogP contribution < -0.4 is 19.6 Å². The molecule has 180 valence electrons. The van der Waals surface area contributed by atoms with Gasteiger partial charge in [-0.3, -0.25) is 4.79 Å². The average molecular weight is 493 g/mol. The molecular formula is C27H25ClN2O5. The van der Waals surface area contributed by atoms with E-state index in [2.05, 4.69) is 31.3 Å². The number of benzene rings is 3. The van der Waals surface area contributed by atoms with Crippen LogP contribution in [0.1, 0.15) is 42.3 Å². The van der Waals surface area contributed by atoms with Gasteiger partial charge in [-0.1, -0.05) is 62.7 Å². The van der Waals surface area contributed by atoms with Crippen molar-refractivity contribution in [1.29, 1.82) is 0 Å². The normalized spacial score (nSPS) is 15.0. The fourth-order valence-corrected chi connectivity index (χ4v) is 3.57. The van der Waals surface area contributed by atoms with Crippen molar-refractivity contribution >= 4 is 29.7 Å². The Hall–Kier alpha value is -3.84. The van der Waals surface area contributed by atoms with Gasteiger partial charge in [-0.25, -0.2) is 10.2 Å². The van der Waals surface area contributed by atoms with Gasteiger partial charge in [-0.2, -0.15) is 5.10 Å². The molecule has 1 heterocycles. The summed E-state index contributed by atoms with van der Waals surface area (Å²) in [5, 5.41) is 4.31. The number of carbonyl (C=O) groups is 2. The Kier molecular flexibility index (Phi) is 7.07. The highest BCUT2D eigenvalue weighted by Crippen LogP contribution is 2.36. The van der Waals surface area contributed by atoms with E-state index < -0.39 is 18.0 Å². The number of hydrogen-bond acceptors (Lipinski definition) is 6. The predicted molar refractivity (Wildman–Crippen MR) is 134 cm³/mol. The maximum Gasteiger partial charge on any atom is 0.345 e. The molecule has 7 nitrogen and oxygen atoms in total. The number of ether oxygens (including phenoxy) is 3. The van der Waals surface area contributed by atoms with Gasteiger partial charge in [-0.05, 0) is 52.9 Å². The van der Waals surface area contributed by atoms with Gasteiger partial charge >= 0.3 is 5.97 Å². The molecule has 1 aliphatic rings. The van der Waals surface area contributed by atoms with Crippen LogP contribution in [0.3, 0.4) is 0 Å². The number of hydrazone groups is 1. The van der Waals surface area contributed by atoms with Gasteiger partial charge in [0, 0.05) is 0 Å². The van der Waals surface area contributed by atoms with Crippen LogP contribution in [0.4, 0.5) is 0 Å². The fraction of sp³-hybridized carbons (Fsp3) is 0.222.